The maximum absolute atomic E-state index is 13.9. The molecular weight excluding hydrogens is 267 g/mol. The Labute approximate surface area is 128 Å². The third-order valence-corrected chi connectivity index (χ3v) is 4.17. The Balaban J connectivity index is 3.06. The van der Waals surface area contributed by atoms with Crippen LogP contribution in [0, 0.1) is 12.7 Å². The highest BCUT2D eigenvalue weighted by molar-refractivity contribution is 5.26. The summed E-state index contributed by atoms with van der Waals surface area (Å²) in [5.74, 6) is -0.165. The van der Waals surface area contributed by atoms with E-state index in [1.54, 1.807) is 20.1 Å². The predicted molar refractivity (Wildman–Crippen MR) is 85.9 cm³/mol. The molecule has 2 N–H and O–H groups in total. The van der Waals surface area contributed by atoms with Crippen molar-refractivity contribution in [1.82, 2.24) is 4.90 Å². The van der Waals surface area contributed by atoms with Gasteiger partial charge < -0.3 is 10.5 Å². The van der Waals surface area contributed by atoms with Crippen LogP contribution < -0.4 is 5.73 Å². The number of halogens is 1. The fraction of sp³-hybridized carbons (Fsp3) is 0.647. The molecule has 0 bridgehead atoms. The van der Waals surface area contributed by atoms with Gasteiger partial charge in [-0.1, -0.05) is 26.0 Å². The van der Waals surface area contributed by atoms with E-state index in [4.69, 9.17) is 10.5 Å². The lowest BCUT2D eigenvalue weighted by molar-refractivity contribution is 0.0816. The van der Waals surface area contributed by atoms with E-state index in [0.29, 0.717) is 24.8 Å². The number of rotatable bonds is 9. The summed E-state index contributed by atoms with van der Waals surface area (Å²) >= 11 is 0. The predicted octanol–water partition coefficient (Wildman–Crippen LogP) is 3.27. The van der Waals surface area contributed by atoms with Crippen molar-refractivity contribution in [2.24, 2.45) is 5.73 Å². The third kappa shape index (κ3) is 4.77. The first-order valence-electron chi connectivity index (χ1n) is 7.79. The molecule has 0 radical (unpaired) electrons. The van der Waals surface area contributed by atoms with Crippen molar-refractivity contribution >= 4 is 0 Å². The van der Waals surface area contributed by atoms with Crippen molar-refractivity contribution in [2.45, 2.75) is 45.7 Å². The number of benzene rings is 1. The summed E-state index contributed by atoms with van der Waals surface area (Å²) in [6.07, 6.45) is 2.09. The molecule has 0 aromatic heterocycles. The van der Waals surface area contributed by atoms with E-state index in [2.05, 4.69) is 18.7 Å². The molecule has 0 heterocycles. The zero-order valence-corrected chi connectivity index (χ0v) is 13.7. The maximum atomic E-state index is 13.9. The Hall–Kier alpha value is -0.970. The van der Waals surface area contributed by atoms with Crippen LogP contribution in [0.5, 0.6) is 0 Å². The standard InChI is InChI=1S/C17H29FN2O/c1-5-15(6-2)20(9-10-21-4)17(12-19)14-8-7-13(3)16(18)11-14/h7-8,11,15,17H,5-6,9-10,12,19H2,1-4H3. The van der Waals surface area contributed by atoms with Crippen LogP contribution in [0.3, 0.4) is 0 Å². The molecular formula is C17H29FN2O. The summed E-state index contributed by atoms with van der Waals surface area (Å²) < 4.78 is 19.1. The molecule has 4 heteroatoms. The molecule has 0 aliphatic rings. The largest absolute Gasteiger partial charge is 0.383 e. The summed E-state index contributed by atoms with van der Waals surface area (Å²) in [6.45, 7) is 8.07. The van der Waals surface area contributed by atoms with Gasteiger partial charge in [-0.05, 0) is 37.0 Å². The number of nitrogens with two attached hydrogens (primary N) is 1. The van der Waals surface area contributed by atoms with Crippen LogP contribution in [0.15, 0.2) is 18.2 Å². The zero-order valence-electron chi connectivity index (χ0n) is 13.7. The van der Waals surface area contributed by atoms with Crippen LogP contribution in [-0.4, -0.2) is 37.7 Å². The van der Waals surface area contributed by atoms with Crippen LogP contribution in [0.4, 0.5) is 4.39 Å². The van der Waals surface area contributed by atoms with Crippen LogP contribution in [0.25, 0.3) is 0 Å². The first-order valence-corrected chi connectivity index (χ1v) is 7.79. The van der Waals surface area contributed by atoms with Gasteiger partial charge in [-0.15, -0.1) is 0 Å². The van der Waals surface area contributed by atoms with Gasteiger partial charge in [-0.3, -0.25) is 4.90 Å². The van der Waals surface area contributed by atoms with Gasteiger partial charge in [-0.25, -0.2) is 4.39 Å². The zero-order chi connectivity index (χ0) is 15.8. The molecule has 0 spiro atoms. The molecule has 3 nitrogen and oxygen atoms in total. The quantitative estimate of drug-likeness (QED) is 0.760. The molecule has 1 aromatic carbocycles. The van der Waals surface area contributed by atoms with Gasteiger partial charge in [-0.2, -0.15) is 0 Å². The molecule has 0 saturated carbocycles. The Morgan fingerprint density at radius 2 is 1.95 bits per heavy atom. The fourth-order valence-electron chi connectivity index (χ4n) is 2.83. The Morgan fingerprint density at radius 3 is 2.43 bits per heavy atom. The van der Waals surface area contributed by atoms with Gasteiger partial charge in [0.2, 0.25) is 0 Å². The van der Waals surface area contributed by atoms with E-state index < -0.39 is 0 Å². The number of aryl methyl sites for hydroxylation is 1. The minimum Gasteiger partial charge on any atom is -0.383 e. The van der Waals surface area contributed by atoms with Crippen LogP contribution >= 0.6 is 0 Å². The number of nitrogens with zero attached hydrogens (tertiary/aromatic N) is 1. The summed E-state index contributed by atoms with van der Waals surface area (Å²) in [7, 11) is 1.70. The molecule has 0 saturated heterocycles. The Kier molecular flexibility index (Phi) is 7.86. The molecule has 1 unspecified atom stereocenters. The molecule has 0 fully saturated rings. The van der Waals surface area contributed by atoms with Crippen molar-refractivity contribution in [3.8, 4) is 0 Å². The van der Waals surface area contributed by atoms with Gasteiger partial charge in [0.05, 0.1) is 6.61 Å². The smallest absolute Gasteiger partial charge is 0.126 e. The van der Waals surface area contributed by atoms with Gasteiger partial charge in [0.25, 0.3) is 0 Å². The van der Waals surface area contributed by atoms with E-state index in [-0.39, 0.29) is 11.9 Å². The van der Waals surface area contributed by atoms with Crippen LogP contribution in [-0.2, 0) is 4.74 Å². The van der Waals surface area contributed by atoms with Gasteiger partial charge >= 0.3 is 0 Å². The van der Waals surface area contributed by atoms with E-state index in [1.807, 2.05) is 12.1 Å². The lowest BCUT2D eigenvalue weighted by Crippen LogP contribution is -2.42. The summed E-state index contributed by atoms with van der Waals surface area (Å²) in [4.78, 5) is 2.35. The second-order valence-corrected chi connectivity index (χ2v) is 5.46. The number of ether oxygens (including phenoxy) is 1. The van der Waals surface area contributed by atoms with Crippen molar-refractivity contribution in [3.63, 3.8) is 0 Å². The lowest BCUT2D eigenvalue weighted by atomic mass is 9.99. The van der Waals surface area contributed by atoms with Gasteiger partial charge in [0, 0.05) is 32.3 Å². The summed E-state index contributed by atoms with van der Waals surface area (Å²) in [6, 6.07) is 5.89. The maximum Gasteiger partial charge on any atom is 0.126 e. The summed E-state index contributed by atoms with van der Waals surface area (Å²) in [5, 5.41) is 0. The molecule has 0 aliphatic heterocycles. The SMILES string of the molecule is CCC(CC)N(CCOC)C(CN)c1ccc(C)c(F)c1. The number of hydrogen-bond donors (Lipinski definition) is 1. The van der Waals surface area contributed by atoms with E-state index >= 15 is 0 Å². The van der Waals surface area contributed by atoms with Crippen molar-refractivity contribution in [1.29, 1.82) is 0 Å². The first-order chi connectivity index (χ1) is 10.1. The average molecular weight is 296 g/mol. The van der Waals surface area contributed by atoms with E-state index in [1.165, 1.54) is 0 Å². The Morgan fingerprint density at radius 1 is 1.29 bits per heavy atom. The highest BCUT2D eigenvalue weighted by Gasteiger charge is 2.25. The topological polar surface area (TPSA) is 38.5 Å². The lowest BCUT2D eigenvalue weighted by Gasteiger charge is -2.37. The molecule has 1 aromatic rings. The first kappa shape index (κ1) is 18.1. The van der Waals surface area contributed by atoms with E-state index in [0.717, 1.165) is 24.9 Å². The molecule has 0 aliphatic carbocycles. The molecule has 21 heavy (non-hydrogen) atoms. The number of methoxy groups -OCH3 is 1. The number of hydrogen-bond acceptors (Lipinski definition) is 3. The van der Waals surface area contributed by atoms with Crippen LogP contribution in [0.2, 0.25) is 0 Å². The Bertz CT molecular complexity index is 421. The van der Waals surface area contributed by atoms with Crippen molar-refractivity contribution in [3.05, 3.63) is 35.1 Å². The van der Waals surface area contributed by atoms with Crippen LogP contribution in [0.1, 0.15) is 43.9 Å². The fourth-order valence-corrected chi connectivity index (χ4v) is 2.83. The molecule has 1 atom stereocenters. The highest BCUT2D eigenvalue weighted by Crippen LogP contribution is 2.26. The minimum atomic E-state index is -0.165. The minimum absolute atomic E-state index is 0.0279. The van der Waals surface area contributed by atoms with Gasteiger partial charge in [0.1, 0.15) is 5.82 Å². The normalized spacial score (nSPS) is 13.1. The second-order valence-electron chi connectivity index (χ2n) is 5.46. The van der Waals surface area contributed by atoms with E-state index in [9.17, 15) is 4.39 Å². The third-order valence-electron chi connectivity index (χ3n) is 4.17. The molecule has 0 amide bonds. The molecule has 1 rings (SSSR count). The van der Waals surface area contributed by atoms with Crippen molar-refractivity contribution in [2.75, 3.05) is 26.8 Å². The molecule has 120 valence electrons. The van der Waals surface area contributed by atoms with Crippen molar-refractivity contribution < 1.29 is 9.13 Å². The highest BCUT2D eigenvalue weighted by atomic mass is 19.1. The second kappa shape index (κ2) is 9.13. The average Bonchev–Trinajstić information content (AvgIpc) is 2.49. The monoisotopic (exact) mass is 296 g/mol. The van der Waals surface area contributed by atoms with Gasteiger partial charge in [0.15, 0.2) is 0 Å². The summed E-state index contributed by atoms with van der Waals surface area (Å²) in [5.41, 5.74) is 7.62.